The Morgan fingerprint density at radius 2 is 2.13 bits per heavy atom. The molecule has 2 N–H and O–H groups in total. The minimum absolute atomic E-state index is 0. The lowest BCUT2D eigenvalue weighted by atomic mass is 9.74. The van der Waals surface area contributed by atoms with Gasteiger partial charge in [-0.3, -0.25) is 4.99 Å². The summed E-state index contributed by atoms with van der Waals surface area (Å²) in [6.07, 6.45) is 3.76. The zero-order valence-electron chi connectivity index (χ0n) is 13.5. The molecule has 0 saturated carbocycles. The van der Waals surface area contributed by atoms with Crippen molar-refractivity contribution >= 4 is 41.5 Å². The van der Waals surface area contributed by atoms with Gasteiger partial charge in [-0.1, -0.05) is 29.8 Å². The summed E-state index contributed by atoms with van der Waals surface area (Å²) >= 11 is 6.19. The molecule has 1 fully saturated rings. The number of guanidine groups is 1. The van der Waals surface area contributed by atoms with Crippen LogP contribution in [0.5, 0.6) is 0 Å². The second-order valence-corrected chi connectivity index (χ2v) is 5.93. The van der Waals surface area contributed by atoms with E-state index >= 15 is 0 Å². The van der Waals surface area contributed by atoms with Gasteiger partial charge in [0.1, 0.15) is 0 Å². The van der Waals surface area contributed by atoms with Crippen molar-refractivity contribution in [2.75, 3.05) is 33.4 Å². The number of halogens is 2. The maximum atomic E-state index is 6.19. The van der Waals surface area contributed by atoms with Crippen molar-refractivity contribution < 1.29 is 4.74 Å². The van der Waals surface area contributed by atoms with E-state index in [2.05, 4.69) is 34.3 Å². The van der Waals surface area contributed by atoms with Crippen LogP contribution in [0.15, 0.2) is 41.9 Å². The molecular formula is C17H25ClIN3O. The van der Waals surface area contributed by atoms with E-state index in [-0.39, 0.29) is 29.4 Å². The fourth-order valence-electron chi connectivity index (χ4n) is 2.79. The number of aliphatic imine (C=N–C) groups is 1. The Balaban J connectivity index is 0.00000264. The lowest BCUT2D eigenvalue weighted by molar-refractivity contribution is 0.0514. The molecule has 1 saturated heterocycles. The summed E-state index contributed by atoms with van der Waals surface area (Å²) in [7, 11) is 1.77. The van der Waals surface area contributed by atoms with Crippen LogP contribution in [0.25, 0.3) is 0 Å². The van der Waals surface area contributed by atoms with Gasteiger partial charge in [0, 0.05) is 43.8 Å². The van der Waals surface area contributed by atoms with Gasteiger partial charge >= 0.3 is 0 Å². The van der Waals surface area contributed by atoms with Crippen LogP contribution in [0.2, 0.25) is 5.02 Å². The maximum Gasteiger partial charge on any atom is 0.191 e. The van der Waals surface area contributed by atoms with Gasteiger partial charge < -0.3 is 15.4 Å². The number of rotatable bonds is 5. The summed E-state index contributed by atoms with van der Waals surface area (Å²) in [5.41, 5.74) is 1.28. The Labute approximate surface area is 160 Å². The van der Waals surface area contributed by atoms with Crippen molar-refractivity contribution in [3.05, 3.63) is 47.5 Å². The molecule has 0 spiro atoms. The van der Waals surface area contributed by atoms with E-state index in [1.807, 2.05) is 18.2 Å². The fourth-order valence-corrected chi connectivity index (χ4v) is 2.98. The molecule has 0 unspecified atom stereocenters. The van der Waals surface area contributed by atoms with Crippen LogP contribution in [0.1, 0.15) is 18.4 Å². The highest BCUT2D eigenvalue weighted by molar-refractivity contribution is 14.0. The van der Waals surface area contributed by atoms with Crippen LogP contribution in [-0.2, 0) is 10.2 Å². The average molecular weight is 450 g/mol. The third-order valence-electron chi connectivity index (χ3n) is 4.12. The Bertz CT molecular complexity index is 530. The first-order valence-electron chi connectivity index (χ1n) is 7.59. The van der Waals surface area contributed by atoms with Crippen molar-refractivity contribution in [2.45, 2.75) is 18.3 Å². The van der Waals surface area contributed by atoms with Crippen LogP contribution in [0.3, 0.4) is 0 Å². The van der Waals surface area contributed by atoms with E-state index in [0.29, 0.717) is 6.54 Å². The smallest absolute Gasteiger partial charge is 0.191 e. The first-order valence-corrected chi connectivity index (χ1v) is 7.97. The molecule has 4 nitrogen and oxygen atoms in total. The maximum absolute atomic E-state index is 6.19. The minimum Gasteiger partial charge on any atom is -0.381 e. The Morgan fingerprint density at radius 1 is 1.39 bits per heavy atom. The molecule has 23 heavy (non-hydrogen) atoms. The van der Waals surface area contributed by atoms with Crippen LogP contribution < -0.4 is 10.6 Å². The minimum atomic E-state index is 0. The largest absolute Gasteiger partial charge is 0.381 e. The fraction of sp³-hybridized carbons (Fsp3) is 0.471. The number of hydrogen-bond donors (Lipinski definition) is 2. The molecule has 0 aromatic heterocycles. The molecule has 1 aliphatic heterocycles. The van der Waals surface area contributed by atoms with Gasteiger partial charge in [0.15, 0.2) is 5.96 Å². The predicted octanol–water partition coefficient (Wildman–Crippen LogP) is 3.36. The molecule has 2 rings (SSSR count). The van der Waals surface area contributed by atoms with Crippen molar-refractivity contribution in [3.8, 4) is 0 Å². The third-order valence-corrected chi connectivity index (χ3v) is 4.35. The number of nitrogens with one attached hydrogen (secondary N) is 2. The van der Waals surface area contributed by atoms with E-state index < -0.39 is 0 Å². The summed E-state index contributed by atoms with van der Waals surface area (Å²) in [6, 6.07) is 8.14. The molecule has 1 aromatic carbocycles. The lowest BCUT2D eigenvalue weighted by Crippen LogP contribution is -2.48. The molecule has 1 aromatic rings. The standard InChI is InChI=1S/C17H24ClN3O.HI/c1-3-9-20-16(19-2)21-13-17(7-10-22-11-8-17)14-5-4-6-15(18)12-14;/h3-6,12H,1,7-11,13H2,2H3,(H2,19,20,21);1H. The Kier molecular flexibility index (Phi) is 8.94. The summed E-state index contributed by atoms with van der Waals surface area (Å²) in [6.45, 7) is 6.74. The predicted molar refractivity (Wildman–Crippen MR) is 108 cm³/mol. The van der Waals surface area contributed by atoms with Gasteiger partial charge in [-0.15, -0.1) is 30.6 Å². The monoisotopic (exact) mass is 449 g/mol. The van der Waals surface area contributed by atoms with Crippen molar-refractivity contribution in [1.82, 2.24) is 10.6 Å². The van der Waals surface area contributed by atoms with Crippen molar-refractivity contribution in [1.29, 1.82) is 0 Å². The SMILES string of the molecule is C=CCNC(=NC)NCC1(c2cccc(Cl)c2)CCOCC1.I. The van der Waals surface area contributed by atoms with E-state index in [1.165, 1.54) is 5.56 Å². The Morgan fingerprint density at radius 3 is 2.74 bits per heavy atom. The van der Waals surface area contributed by atoms with Gasteiger partial charge in [-0.2, -0.15) is 0 Å². The topological polar surface area (TPSA) is 45.7 Å². The molecule has 1 heterocycles. The normalized spacial score (nSPS) is 17.0. The zero-order valence-corrected chi connectivity index (χ0v) is 16.6. The van der Waals surface area contributed by atoms with Gasteiger partial charge in [0.25, 0.3) is 0 Å². The summed E-state index contributed by atoms with van der Waals surface area (Å²) in [5.74, 6) is 0.785. The number of benzene rings is 1. The summed E-state index contributed by atoms with van der Waals surface area (Å²) in [4.78, 5) is 4.24. The van der Waals surface area contributed by atoms with Crippen LogP contribution in [0.4, 0.5) is 0 Å². The van der Waals surface area contributed by atoms with E-state index in [9.17, 15) is 0 Å². The lowest BCUT2D eigenvalue weighted by Gasteiger charge is -2.38. The summed E-state index contributed by atoms with van der Waals surface area (Å²) < 4.78 is 5.55. The van der Waals surface area contributed by atoms with Gasteiger partial charge in [-0.05, 0) is 30.5 Å². The van der Waals surface area contributed by atoms with E-state index in [1.54, 1.807) is 7.05 Å². The molecule has 1 aliphatic rings. The Hall–Kier alpha value is -0.790. The van der Waals surface area contributed by atoms with E-state index in [4.69, 9.17) is 16.3 Å². The highest BCUT2D eigenvalue weighted by Gasteiger charge is 2.34. The zero-order chi connectivity index (χ0) is 15.8. The molecule has 0 radical (unpaired) electrons. The molecule has 128 valence electrons. The highest BCUT2D eigenvalue weighted by Crippen LogP contribution is 2.35. The number of nitrogens with zero attached hydrogens (tertiary/aromatic N) is 1. The van der Waals surface area contributed by atoms with Gasteiger partial charge in [0.2, 0.25) is 0 Å². The first-order chi connectivity index (χ1) is 10.7. The average Bonchev–Trinajstić information content (AvgIpc) is 2.56. The van der Waals surface area contributed by atoms with E-state index in [0.717, 1.165) is 43.6 Å². The molecular weight excluding hydrogens is 425 g/mol. The van der Waals surface area contributed by atoms with Gasteiger partial charge in [0.05, 0.1) is 0 Å². The molecule has 6 heteroatoms. The number of ether oxygens (including phenoxy) is 1. The third kappa shape index (κ3) is 5.65. The molecule has 0 bridgehead atoms. The van der Waals surface area contributed by atoms with Crippen LogP contribution in [0, 0.1) is 0 Å². The highest BCUT2D eigenvalue weighted by atomic mass is 127. The molecule has 0 amide bonds. The van der Waals surface area contributed by atoms with Crippen LogP contribution in [-0.4, -0.2) is 39.3 Å². The van der Waals surface area contributed by atoms with Gasteiger partial charge in [-0.25, -0.2) is 0 Å². The molecule has 0 atom stereocenters. The molecule has 0 aliphatic carbocycles. The first kappa shape index (κ1) is 20.3. The second kappa shape index (κ2) is 10.2. The number of hydrogen-bond acceptors (Lipinski definition) is 2. The summed E-state index contributed by atoms with van der Waals surface area (Å²) in [5, 5.41) is 7.40. The second-order valence-electron chi connectivity index (χ2n) is 5.50. The quantitative estimate of drug-likeness (QED) is 0.314. The van der Waals surface area contributed by atoms with Crippen LogP contribution >= 0.6 is 35.6 Å². The van der Waals surface area contributed by atoms with Crippen molar-refractivity contribution in [2.24, 2.45) is 4.99 Å². The van der Waals surface area contributed by atoms with Crippen molar-refractivity contribution in [3.63, 3.8) is 0 Å².